The Balaban J connectivity index is 0.00000349. The molecule has 4 heterocycles. The molecule has 53 heavy (non-hydrogen) atoms. The van der Waals surface area contributed by atoms with Crippen molar-refractivity contribution in [3.63, 3.8) is 0 Å². The Kier molecular flexibility index (Phi) is 7.27. The fourth-order valence-corrected chi connectivity index (χ4v) is 7.84. The van der Waals surface area contributed by atoms with Crippen molar-refractivity contribution in [2.24, 2.45) is 0 Å². The Labute approximate surface area is 319 Å². The van der Waals surface area contributed by atoms with E-state index in [4.69, 9.17) is 9.97 Å². The van der Waals surface area contributed by atoms with Crippen molar-refractivity contribution in [1.29, 1.82) is 0 Å². The quantitative estimate of drug-likeness (QED) is 0.162. The van der Waals surface area contributed by atoms with E-state index in [9.17, 15) is 0 Å². The Morgan fingerprint density at radius 2 is 1.17 bits per heavy atom. The van der Waals surface area contributed by atoms with Gasteiger partial charge in [0.15, 0.2) is 5.82 Å². The van der Waals surface area contributed by atoms with E-state index in [0.717, 1.165) is 84.0 Å². The first-order chi connectivity index (χ1) is 25.8. The number of imidazole rings is 3. The second kappa shape index (κ2) is 12.3. The molecule has 0 saturated carbocycles. The van der Waals surface area contributed by atoms with Crippen LogP contribution in [0.3, 0.4) is 0 Å². The maximum absolute atomic E-state index is 5.47. The van der Waals surface area contributed by atoms with Gasteiger partial charge in [-0.3, -0.25) is 14.0 Å². The topological polar surface area (TPSA) is 45.0 Å². The van der Waals surface area contributed by atoms with Gasteiger partial charge in [-0.05, 0) is 47.3 Å². The minimum atomic E-state index is 0. The van der Waals surface area contributed by atoms with Crippen molar-refractivity contribution in [3.05, 3.63) is 182 Å². The molecule has 11 aromatic rings. The molecule has 0 unspecified atom stereocenters. The summed E-state index contributed by atoms with van der Waals surface area (Å²) in [4.78, 5) is 10.9. The number of rotatable bonds is 5. The van der Waals surface area contributed by atoms with Crippen molar-refractivity contribution in [3.8, 4) is 39.7 Å². The van der Waals surface area contributed by atoms with Crippen molar-refractivity contribution >= 4 is 49.7 Å². The summed E-state index contributed by atoms with van der Waals surface area (Å²) >= 11 is 0. The Bertz CT molecular complexity index is 3080. The molecule has 7 aromatic carbocycles. The van der Waals surface area contributed by atoms with Gasteiger partial charge in [0.1, 0.15) is 5.52 Å². The first kappa shape index (κ1) is 31.3. The average Bonchev–Trinajstić information content (AvgIpc) is 3.97. The third kappa shape index (κ3) is 4.69. The first-order valence-corrected chi connectivity index (χ1v) is 17.4. The fraction of sp³-hybridized carbons (Fsp3) is 0. The number of para-hydroxylation sites is 6. The molecule has 0 aliphatic carbocycles. The van der Waals surface area contributed by atoms with Gasteiger partial charge in [-0.25, -0.2) is 0 Å². The molecule has 0 amide bonds. The van der Waals surface area contributed by atoms with E-state index < -0.39 is 0 Å². The van der Waals surface area contributed by atoms with E-state index in [-0.39, 0.29) is 21.1 Å². The molecular formula is C46H28N6Pt. The van der Waals surface area contributed by atoms with E-state index in [1.807, 2.05) is 30.3 Å². The molecule has 0 fully saturated rings. The van der Waals surface area contributed by atoms with Crippen molar-refractivity contribution in [2.45, 2.75) is 0 Å². The van der Waals surface area contributed by atoms with Gasteiger partial charge >= 0.3 is 21.1 Å². The third-order valence-electron chi connectivity index (χ3n) is 10.1. The Morgan fingerprint density at radius 3 is 2.04 bits per heavy atom. The molecule has 11 rings (SSSR count). The third-order valence-corrected chi connectivity index (χ3v) is 10.1. The molecule has 7 heteroatoms. The zero-order valence-corrected chi connectivity index (χ0v) is 30.4. The summed E-state index contributed by atoms with van der Waals surface area (Å²) in [5.41, 5.74) is 11.2. The van der Waals surface area contributed by atoms with Gasteiger partial charge in [0.25, 0.3) is 0 Å². The van der Waals surface area contributed by atoms with Crippen LogP contribution in [0.4, 0.5) is 0 Å². The van der Waals surface area contributed by atoms with E-state index in [0.29, 0.717) is 0 Å². The fourth-order valence-electron chi connectivity index (χ4n) is 7.84. The van der Waals surface area contributed by atoms with Crippen LogP contribution in [0.1, 0.15) is 0 Å². The summed E-state index contributed by atoms with van der Waals surface area (Å²) in [7, 11) is 0. The first-order valence-electron chi connectivity index (χ1n) is 17.4. The van der Waals surface area contributed by atoms with Gasteiger partial charge in [-0.1, -0.05) is 90.4 Å². The van der Waals surface area contributed by atoms with Gasteiger partial charge in [0, 0.05) is 16.8 Å². The molecule has 4 aromatic heterocycles. The maximum atomic E-state index is 5.47. The van der Waals surface area contributed by atoms with Crippen LogP contribution >= 0.6 is 0 Å². The smallest absolute Gasteiger partial charge is 0.333 e. The van der Waals surface area contributed by atoms with Crippen molar-refractivity contribution < 1.29 is 21.1 Å². The van der Waals surface area contributed by atoms with Crippen LogP contribution in [0.15, 0.2) is 170 Å². The normalized spacial score (nSPS) is 11.6. The van der Waals surface area contributed by atoms with E-state index in [1.165, 1.54) is 5.39 Å². The van der Waals surface area contributed by atoms with Gasteiger partial charge in [0.05, 0.1) is 34.3 Å². The molecule has 0 N–H and O–H groups in total. The molecule has 0 atom stereocenters. The number of benzene rings is 7. The molecule has 0 radical (unpaired) electrons. The largest absolute Gasteiger partial charge is 2.00 e. The van der Waals surface area contributed by atoms with Crippen molar-refractivity contribution in [2.75, 3.05) is 0 Å². The van der Waals surface area contributed by atoms with Crippen LogP contribution in [0.2, 0.25) is 0 Å². The zero-order chi connectivity index (χ0) is 34.2. The minimum Gasteiger partial charge on any atom is -0.333 e. The number of hydrogen-bond donors (Lipinski definition) is 0. The number of hydrogen-bond acceptors (Lipinski definition) is 2. The summed E-state index contributed by atoms with van der Waals surface area (Å²) in [5.74, 6) is 2.46. The number of nitrogens with zero attached hydrogens (tertiary/aromatic N) is 6. The SMILES string of the molecule is [Pt+2].[c-]1ccccc1-c1nc2c(-n3c4ccccc4n4cc(-n5c6[c-]cccc6c6ccccc65)nc34)cccc2n1-c1ccccc1-c1ccccc1. The van der Waals surface area contributed by atoms with Crippen LogP contribution < -0.4 is 0 Å². The predicted octanol–water partition coefficient (Wildman–Crippen LogP) is 10.6. The van der Waals surface area contributed by atoms with Crippen LogP contribution in [0.25, 0.3) is 89.4 Å². The summed E-state index contributed by atoms with van der Waals surface area (Å²) in [6, 6.07) is 63.7. The van der Waals surface area contributed by atoms with E-state index >= 15 is 0 Å². The van der Waals surface area contributed by atoms with E-state index in [2.05, 4.69) is 170 Å². The molecule has 0 saturated heterocycles. The minimum absolute atomic E-state index is 0. The maximum Gasteiger partial charge on any atom is 2.00 e. The number of aromatic nitrogens is 6. The van der Waals surface area contributed by atoms with Gasteiger partial charge in [0.2, 0.25) is 5.78 Å². The summed E-state index contributed by atoms with van der Waals surface area (Å²) in [5, 5.41) is 2.33. The second-order valence-electron chi connectivity index (χ2n) is 13.0. The second-order valence-corrected chi connectivity index (χ2v) is 13.0. The van der Waals surface area contributed by atoms with Crippen LogP contribution in [0.5, 0.6) is 0 Å². The van der Waals surface area contributed by atoms with Crippen LogP contribution in [0, 0.1) is 12.1 Å². The van der Waals surface area contributed by atoms with Crippen LogP contribution in [-0.4, -0.2) is 28.1 Å². The molecule has 0 aliphatic heterocycles. The monoisotopic (exact) mass is 859 g/mol. The van der Waals surface area contributed by atoms with Gasteiger partial charge in [-0.15, -0.1) is 41.3 Å². The van der Waals surface area contributed by atoms with Gasteiger partial charge in [-0.2, -0.15) is 29.2 Å². The molecular weight excluding hydrogens is 832 g/mol. The number of fused-ring (bicyclic) bond motifs is 7. The summed E-state index contributed by atoms with van der Waals surface area (Å²) in [6.07, 6.45) is 2.14. The Morgan fingerprint density at radius 1 is 0.472 bits per heavy atom. The van der Waals surface area contributed by atoms with Gasteiger partial charge < -0.3 is 9.13 Å². The molecule has 0 aliphatic rings. The summed E-state index contributed by atoms with van der Waals surface area (Å²) in [6.45, 7) is 0. The standard InChI is InChI=1S/C46H28N6.Pt/c1-3-16-31(17-4-1)33-20-7-10-23-36(33)51-41-28-15-29-42(44(41)48-45(51)32-18-5-2-6-19-32)52-40-27-14-13-26-39(40)49-30-43(47-46(49)52)50-37-24-11-8-21-34(37)35-22-9-12-25-38(35)50;/h1-18,20-24,26-30H;/q-2;+2. The van der Waals surface area contributed by atoms with E-state index in [1.54, 1.807) is 0 Å². The molecule has 252 valence electrons. The molecule has 0 bridgehead atoms. The zero-order valence-electron chi connectivity index (χ0n) is 28.2. The average molecular weight is 860 g/mol. The summed E-state index contributed by atoms with van der Waals surface area (Å²) < 4.78 is 8.94. The predicted molar refractivity (Wildman–Crippen MR) is 210 cm³/mol. The molecule has 0 spiro atoms. The molecule has 6 nitrogen and oxygen atoms in total. The Hall–Kier alpha value is -6.49. The van der Waals surface area contributed by atoms with Crippen LogP contribution in [-0.2, 0) is 21.1 Å². The van der Waals surface area contributed by atoms with Crippen molar-refractivity contribution in [1.82, 2.24) is 28.1 Å².